The summed E-state index contributed by atoms with van der Waals surface area (Å²) in [6.45, 7) is 0.586. The number of carbonyl (C=O) groups excluding carboxylic acids is 2. The molecule has 0 heterocycles. The second kappa shape index (κ2) is 9.06. The molecule has 0 bridgehead atoms. The van der Waals surface area contributed by atoms with Gasteiger partial charge in [-0.15, -0.1) is 0 Å². The largest absolute Gasteiger partial charge is 0.494 e. The molecule has 1 aromatic rings. The molecule has 28 heavy (non-hydrogen) atoms. The zero-order chi connectivity index (χ0) is 20.1. The molecule has 0 aromatic heterocycles. The van der Waals surface area contributed by atoms with Crippen molar-refractivity contribution in [2.45, 2.75) is 38.7 Å². The fraction of sp³-hybridized carbons (Fsp3) is 0.455. The number of aliphatic hydroxyl groups excluding tert-OH is 1. The number of Topliss-reactive ketones (excluding diaryl/α,β-unsaturated/α-hetero) is 2. The maximum Gasteiger partial charge on any atom is 0.228 e. The number of rotatable bonds is 7. The highest BCUT2D eigenvalue weighted by molar-refractivity contribution is 6.23. The monoisotopic (exact) mass is 386 g/mol. The van der Waals surface area contributed by atoms with Crippen LogP contribution in [0.1, 0.15) is 37.7 Å². The Balaban J connectivity index is 1.58. The van der Waals surface area contributed by atoms with Crippen LogP contribution in [0.5, 0.6) is 5.75 Å². The lowest BCUT2D eigenvalue weighted by molar-refractivity contribution is -0.121. The van der Waals surface area contributed by atoms with Crippen molar-refractivity contribution in [3.8, 4) is 5.75 Å². The van der Waals surface area contributed by atoms with Crippen molar-refractivity contribution in [1.29, 1.82) is 0 Å². The molecule has 3 rings (SSSR count). The first-order valence-electron chi connectivity index (χ1n) is 9.55. The summed E-state index contributed by atoms with van der Waals surface area (Å²) in [5.41, 5.74) is 2.00. The van der Waals surface area contributed by atoms with E-state index in [4.69, 9.17) is 19.3 Å². The standard InChI is InChI=1S/C22H26O6/c1-26-21-19(24)17-9-5-14(6-10-18(17)20(25)22(21)27-2)11-12-28-16-7-3-15(13-23)4-8-16/h3-4,7-8,14,23H,5-6,9-13H2,1-2H3. The number of ketones is 2. The molecule has 150 valence electrons. The van der Waals surface area contributed by atoms with Crippen LogP contribution in [0.25, 0.3) is 0 Å². The maximum atomic E-state index is 12.7. The Hall–Kier alpha value is -2.60. The first-order valence-corrected chi connectivity index (χ1v) is 9.55. The van der Waals surface area contributed by atoms with Gasteiger partial charge >= 0.3 is 0 Å². The molecule has 0 fully saturated rings. The normalized spacial score (nSPS) is 18.1. The number of benzene rings is 1. The molecule has 0 spiro atoms. The van der Waals surface area contributed by atoms with E-state index in [1.54, 1.807) is 0 Å². The summed E-state index contributed by atoms with van der Waals surface area (Å²) in [6.07, 6.45) is 3.67. The molecular weight excluding hydrogens is 360 g/mol. The van der Waals surface area contributed by atoms with Crippen LogP contribution in [0, 0.1) is 5.92 Å². The van der Waals surface area contributed by atoms with Crippen LogP contribution in [-0.2, 0) is 25.7 Å². The van der Waals surface area contributed by atoms with Gasteiger partial charge in [-0.1, -0.05) is 12.1 Å². The van der Waals surface area contributed by atoms with Crippen molar-refractivity contribution in [2.24, 2.45) is 5.92 Å². The molecule has 0 unspecified atom stereocenters. The average molecular weight is 386 g/mol. The Labute approximate surface area is 164 Å². The number of ether oxygens (including phenoxy) is 3. The number of carbonyl (C=O) groups is 2. The number of hydrogen-bond acceptors (Lipinski definition) is 6. The molecule has 0 radical (unpaired) electrons. The van der Waals surface area contributed by atoms with Gasteiger partial charge in [0.25, 0.3) is 0 Å². The highest BCUT2D eigenvalue weighted by Gasteiger charge is 2.37. The van der Waals surface area contributed by atoms with Crippen LogP contribution in [0.4, 0.5) is 0 Å². The van der Waals surface area contributed by atoms with Gasteiger partial charge in [0.05, 0.1) is 27.4 Å². The highest BCUT2D eigenvalue weighted by Crippen LogP contribution is 2.36. The third kappa shape index (κ3) is 4.12. The van der Waals surface area contributed by atoms with E-state index in [1.807, 2.05) is 24.3 Å². The van der Waals surface area contributed by atoms with Crippen LogP contribution >= 0.6 is 0 Å². The fourth-order valence-corrected chi connectivity index (χ4v) is 3.82. The molecule has 0 aliphatic heterocycles. The maximum absolute atomic E-state index is 12.7. The van der Waals surface area contributed by atoms with E-state index in [-0.39, 0.29) is 29.7 Å². The van der Waals surface area contributed by atoms with E-state index in [9.17, 15) is 9.59 Å². The molecule has 0 amide bonds. The summed E-state index contributed by atoms with van der Waals surface area (Å²) in [6, 6.07) is 7.37. The van der Waals surface area contributed by atoms with Gasteiger partial charge in [0.15, 0.2) is 0 Å². The first kappa shape index (κ1) is 20.1. The van der Waals surface area contributed by atoms with Gasteiger partial charge in [-0.2, -0.15) is 0 Å². The minimum Gasteiger partial charge on any atom is -0.494 e. The number of allylic oxidation sites excluding steroid dienone is 2. The van der Waals surface area contributed by atoms with Crippen LogP contribution in [-0.4, -0.2) is 37.5 Å². The van der Waals surface area contributed by atoms with Gasteiger partial charge in [0.1, 0.15) is 5.75 Å². The van der Waals surface area contributed by atoms with Gasteiger partial charge in [0, 0.05) is 11.1 Å². The average Bonchev–Trinajstić information content (AvgIpc) is 2.94. The minimum absolute atomic E-state index is 0.0133. The topological polar surface area (TPSA) is 82.1 Å². The summed E-state index contributed by atoms with van der Waals surface area (Å²) in [7, 11) is 2.77. The predicted octanol–water partition coefficient (Wildman–Crippen LogP) is 3.09. The van der Waals surface area contributed by atoms with Crippen molar-refractivity contribution < 1.29 is 28.9 Å². The second-order valence-corrected chi connectivity index (χ2v) is 7.06. The summed E-state index contributed by atoms with van der Waals surface area (Å²) in [5, 5.41) is 9.08. The van der Waals surface area contributed by atoms with Crippen molar-refractivity contribution in [3.63, 3.8) is 0 Å². The molecule has 2 aliphatic rings. The molecule has 6 heteroatoms. The van der Waals surface area contributed by atoms with Gasteiger partial charge < -0.3 is 19.3 Å². The van der Waals surface area contributed by atoms with Crippen LogP contribution in [0.15, 0.2) is 46.9 Å². The van der Waals surface area contributed by atoms with E-state index in [2.05, 4.69) is 0 Å². The van der Waals surface area contributed by atoms with Crippen molar-refractivity contribution >= 4 is 11.6 Å². The van der Waals surface area contributed by atoms with E-state index >= 15 is 0 Å². The van der Waals surface area contributed by atoms with Crippen LogP contribution < -0.4 is 4.74 Å². The predicted molar refractivity (Wildman–Crippen MR) is 103 cm³/mol. The van der Waals surface area contributed by atoms with Crippen molar-refractivity contribution in [2.75, 3.05) is 20.8 Å². The lowest BCUT2D eigenvalue weighted by atomic mass is 9.89. The molecule has 0 saturated carbocycles. The Morgan fingerprint density at radius 2 is 1.46 bits per heavy atom. The van der Waals surface area contributed by atoms with E-state index < -0.39 is 0 Å². The lowest BCUT2D eigenvalue weighted by Crippen LogP contribution is -2.25. The van der Waals surface area contributed by atoms with Crippen molar-refractivity contribution in [3.05, 3.63) is 52.5 Å². The highest BCUT2D eigenvalue weighted by atomic mass is 16.5. The van der Waals surface area contributed by atoms with Gasteiger partial charge in [-0.05, 0) is 55.7 Å². The van der Waals surface area contributed by atoms with E-state index in [0.717, 1.165) is 30.6 Å². The molecule has 1 N–H and O–H groups in total. The zero-order valence-electron chi connectivity index (χ0n) is 16.3. The summed E-state index contributed by atoms with van der Waals surface area (Å²) < 4.78 is 16.1. The van der Waals surface area contributed by atoms with Crippen molar-refractivity contribution in [1.82, 2.24) is 0 Å². The molecule has 1 aromatic carbocycles. The van der Waals surface area contributed by atoms with E-state index in [0.29, 0.717) is 36.5 Å². The third-order valence-corrected chi connectivity index (χ3v) is 5.45. The Morgan fingerprint density at radius 3 is 1.93 bits per heavy atom. The Kier molecular flexibility index (Phi) is 6.52. The molecular formula is C22H26O6. The number of aliphatic hydroxyl groups is 1. The quantitative estimate of drug-likeness (QED) is 0.725. The Bertz CT molecular complexity index is 763. The van der Waals surface area contributed by atoms with Crippen LogP contribution in [0.2, 0.25) is 0 Å². The van der Waals surface area contributed by atoms with E-state index in [1.165, 1.54) is 14.2 Å². The lowest BCUT2D eigenvalue weighted by Gasteiger charge is -2.20. The van der Waals surface area contributed by atoms with Crippen LogP contribution in [0.3, 0.4) is 0 Å². The molecule has 0 saturated heterocycles. The SMILES string of the molecule is COC1=C(OC)C(=O)C2=C(CCC(CCOc3ccc(CO)cc3)CC2)C1=O. The first-order chi connectivity index (χ1) is 13.6. The summed E-state index contributed by atoms with van der Waals surface area (Å²) >= 11 is 0. The Morgan fingerprint density at radius 1 is 0.929 bits per heavy atom. The third-order valence-electron chi connectivity index (χ3n) is 5.45. The van der Waals surface area contributed by atoms with Gasteiger partial charge in [-0.3, -0.25) is 9.59 Å². The molecule has 6 nitrogen and oxygen atoms in total. The van der Waals surface area contributed by atoms with Gasteiger partial charge in [-0.25, -0.2) is 0 Å². The number of hydrogen-bond donors (Lipinski definition) is 1. The fourth-order valence-electron chi connectivity index (χ4n) is 3.82. The number of methoxy groups -OCH3 is 2. The minimum atomic E-state index is -0.227. The summed E-state index contributed by atoms with van der Waals surface area (Å²) in [5.74, 6) is 0.718. The van der Waals surface area contributed by atoms with Gasteiger partial charge in [0.2, 0.25) is 23.1 Å². The summed E-state index contributed by atoms with van der Waals surface area (Å²) in [4.78, 5) is 25.4. The molecule has 0 atom stereocenters. The smallest absolute Gasteiger partial charge is 0.228 e. The second-order valence-electron chi connectivity index (χ2n) is 7.06. The zero-order valence-corrected chi connectivity index (χ0v) is 16.3. The molecule has 2 aliphatic carbocycles.